The number of fused-ring (bicyclic) bond motifs is 2. The summed E-state index contributed by atoms with van der Waals surface area (Å²) in [6.45, 7) is 0. The van der Waals surface area contributed by atoms with Crippen molar-refractivity contribution >= 4 is 50.8 Å². The van der Waals surface area contributed by atoms with Gasteiger partial charge in [-0.1, -0.05) is 90.7 Å². The van der Waals surface area contributed by atoms with Crippen LogP contribution in [0, 0.1) is 0 Å². The fraction of sp³-hybridized carbons (Fsp3) is 0. The number of benzene rings is 5. The number of nitrogens with zero attached hydrogens (tertiary/aromatic N) is 1. The maximum Gasteiger partial charge on any atom is 0.138 e. The fourth-order valence-corrected chi connectivity index (χ4v) is 8.66. The molecule has 0 amide bonds. The van der Waals surface area contributed by atoms with Crippen LogP contribution in [-0.4, -0.2) is 0 Å². The Labute approximate surface area is 205 Å². The summed E-state index contributed by atoms with van der Waals surface area (Å²) in [4.78, 5) is 2.25. The van der Waals surface area contributed by atoms with Gasteiger partial charge in [-0.2, -0.15) is 0 Å². The number of hydrogen-bond donors (Lipinski definition) is 0. The van der Waals surface area contributed by atoms with Crippen LogP contribution in [0.4, 0.5) is 17.1 Å². The van der Waals surface area contributed by atoms with E-state index in [1.807, 2.05) is 30.3 Å². The standard InChI is InChI=1S/C30H22NOPS/c34-33(26-16-8-3-9-17-26)29-19-11-10-18-27(29)32-28-22-25(20-21-30(28)33)31(23-12-4-1-5-13-23)24-14-6-2-7-15-24/h1-22H. The minimum absolute atomic E-state index is 0.834. The molecule has 1 aliphatic heterocycles. The van der Waals surface area contributed by atoms with Gasteiger partial charge in [0.1, 0.15) is 11.5 Å². The molecule has 0 radical (unpaired) electrons. The SMILES string of the molecule is S=P1(c2ccccc2)c2ccccc2Oc2cc(N(c3ccccc3)c3ccccc3)ccc21. The van der Waals surface area contributed by atoms with Crippen molar-refractivity contribution in [2.75, 3.05) is 4.90 Å². The molecule has 0 saturated heterocycles. The molecule has 5 aromatic rings. The van der Waals surface area contributed by atoms with E-state index in [0.717, 1.165) is 39.2 Å². The van der Waals surface area contributed by atoms with E-state index in [9.17, 15) is 0 Å². The summed E-state index contributed by atoms with van der Waals surface area (Å²) in [5.74, 6) is 1.69. The van der Waals surface area contributed by atoms with Gasteiger partial charge in [0.2, 0.25) is 0 Å². The molecule has 0 N–H and O–H groups in total. The van der Waals surface area contributed by atoms with Crippen LogP contribution < -0.4 is 25.6 Å². The predicted octanol–water partition coefficient (Wildman–Crippen LogP) is 7.02. The molecule has 0 aliphatic carbocycles. The highest BCUT2D eigenvalue weighted by Gasteiger charge is 2.35. The second-order valence-electron chi connectivity index (χ2n) is 8.17. The molecule has 1 heterocycles. The smallest absolute Gasteiger partial charge is 0.138 e. The third-order valence-corrected chi connectivity index (χ3v) is 11.0. The highest BCUT2D eigenvalue weighted by molar-refractivity contribution is 8.25. The quantitative estimate of drug-likeness (QED) is 0.254. The van der Waals surface area contributed by atoms with Crippen molar-refractivity contribution in [3.63, 3.8) is 0 Å². The lowest BCUT2D eigenvalue weighted by molar-refractivity contribution is 0.488. The van der Waals surface area contributed by atoms with Gasteiger partial charge in [0.05, 0.1) is 0 Å². The lowest BCUT2D eigenvalue weighted by Gasteiger charge is -2.33. The van der Waals surface area contributed by atoms with Crippen molar-refractivity contribution in [1.82, 2.24) is 0 Å². The number of para-hydroxylation sites is 3. The van der Waals surface area contributed by atoms with Gasteiger partial charge >= 0.3 is 0 Å². The molecule has 1 unspecified atom stereocenters. The highest BCUT2D eigenvalue weighted by Crippen LogP contribution is 2.52. The zero-order valence-corrected chi connectivity index (χ0v) is 20.1. The van der Waals surface area contributed by atoms with Crippen LogP contribution in [0.15, 0.2) is 133 Å². The summed E-state index contributed by atoms with van der Waals surface area (Å²) in [7, 11) is 0. The van der Waals surface area contributed by atoms with Gasteiger partial charge in [0.15, 0.2) is 0 Å². The third kappa shape index (κ3) is 3.45. The van der Waals surface area contributed by atoms with Crippen LogP contribution in [0.5, 0.6) is 11.5 Å². The molecule has 0 bridgehead atoms. The molecule has 2 nitrogen and oxygen atoms in total. The maximum atomic E-state index is 6.54. The van der Waals surface area contributed by atoms with Crippen LogP contribution in [0.2, 0.25) is 0 Å². The van der Waals surface area contributed by atoms with Crippen molar-refractivity contribution in [2.45, 2.75) is 0 Å². The van der Waals surface area contributed by atoms with Crippen molar-refractivity contribution in [1.29, 1.82) is 0 Å². The molecular formula is C30H22NOPS. The van der Waals surface area contributed by atoms with E-state index in [1.165, 1.54) is 5.30 Å². The molecule has 1 atom stereocenters. The van der Waals surface area contributed by atoms with Crippen molar-refractivity contribution < 1.29 is 4.74 Å². The molecule has 1 aliphatic rings. The molecule has 0 fully saturated rings. The highest BCUT2D eigenvalue weighted by atomic mass is 32.4. The summed E-state index contributed by atoms with van der Waals surface area (Å²) >= 11 is 6.54. The number of ether oxygens (including phenoxy) is 1. The lowest BCUT2D eigenvalue weighted by atomic mass is 10.2. The normalized spacial score (nSPS) is 16.1. The molecule has 0 aromatic heterocycles. The minimum atomic E-state index is -2.25. The molecule has 34 heavy (non-hydrogen) atoms. The molecule has 0 spiro atoms. The van der Waals surface area contributed by atoms with Crippen LogP contribution in [0.25, 0.3) is 0 Å². The summed E-state index contributed by atoms with van der Waals surface area (Å²) in [5.41, 5.74) is 3.21. The van der Waals surface area contributed by atoms with Crippen molar-refractivity contribution in [3.05, 3.63) is 133 Å². The number of hydrogen-bond acceptors (Lipinski definition) is 3. The van der Waals surface area contributed by atoms with Crippen LogP contribution in [0.1, 0.15) is 0 Å². The molecule has 0 saturated carbocycles. The van der Waals surface area contributed by atoms with E-state index < -0.39 is 6.04 Å². The molecular weight excluding hydrogens is 453 g/mol. The minimum Gasteiger partial charge on any atom is -0.456 e. The second-order valence-corrected chi connectivity index (χ2v) is 12.5. The Morgan fingerprint density at radius 1 is 0.500 bits per heavy atom. The Morgan fingerprint density at radius 3 is 1.68 bits per heavy atom. The summed E-state index contributed by atoms with van der Waals surface area (Å²) in [6, 6.07) is 43.7. The zero-order chi connectivity index (χ0) is 23.0. The molecule has 4 heteroatoms. The van der Waals surface area contributed by atoms with Gasteiger partial charge in [-0.15, -0.1) is 0 Å². The van der Waals surface area contributed by atoms with E-state index in [1.54, 1.807) is 0 Å². The van der Waals surface area contributed by atoms with Gasteiger partial charge in [-0.05, 0) is 53.8 Å². The van der Waals surface area contributed by atoms with E-state index in [-0.39, 0.29) is 0 Å². The summed E-state index contributed by atoms with van der Waals surface area (Å²) in [6.07, 6.45) is 0. The Kier molecular flexibility index (Phi) is 5.30. The zero-order valence-electron chi connectivity index (χ0n) is 18.4. The predicted molar refractivity (Wildman–Crippen MR) is 147 cm³/mol. The Balaban J connectivity index is 1.56. The number of anilines is 3. The number of rotatable bonds is 4. The van der Waals surface area contributed by atoms with Gasteiger partial charge in [-0.25, -0.2) is 0 Å². The first-order valence-corrected chi connectivity index (χ1v) is 14.0. The van der Waals surface area contributed by atoms with E-state index in [4.69, 9.17) is 16.5 Å². The monoisotopic (exact) mass is 475 g/mol. The van der Waals surface area contributed by atoms with Gasteiger partial charge < -0.3 is 9.64 Å². The molecule has 164 valence electrons. The summed E-state index contributed by atoms with van der Waals surface area (Å²) in [5, 5.41) is 3.38. The van der Waals surface area contributed by atoms with Crippen molar-refractivity contribution in [3.8, 4) is 11.5 Å². The Morgan fingerprint density at radius 2 is 1.03 bits per heavy atom. The average Bonchev–Trinajstić information content (AvgIpc) is 2.91. The first-order valence-electron chi connectivity index (χ1n) is 11.2. The Hall–Kier alpha value is -3.65. The maximum absolute atomic E-state index is 6.54. The lowest BCUT2D eigenvalue weighted by Crippen LogP contribution is -2.30. The molecule has 5 aromatic carbocycles. The van der Waals surface area contributed by atoms with Crippen LogP contribution in [0.3, 0.4) is 0 Å². The Bertz CT molecular complexity index is 1460. The van der Waals surface area contributed by atoms with Crippen molar-refractivity contribution in [2.24, 2.45) is 0 Å². The fourth-order valence-electron chi connectivity index (χ4n) is 4.55. The van der Waals surface area contributed by atoms with E-state index in [2.05, 4.69) is 108 Å². The van der Waals surface area contributed by atoms with Gasteiger partial charge in [0, 0.05) is 39.8 Å². The third-order valence-electron chi connectivity index (χ3n) is 6.11. The van der Waals surface area contributed by atoms with E-state index >= 15 is 0 Å². The van der Waals surface area contributed by atoms with Crippen LogP contribution >= 0.6 is 6.04 Å². The first-order chi connectivity index (χ1) is 16.7. The van der Waals surface area contributed by atoms with Crippen LogP contribution in [-0.2, 0) is 11.8 Å². The average molecular weight is 476 g/mol. The molecule has 6 rings (SSSR count). The topological polar surface area (TPSA) is 12.5 Å². The first kappa shape index (κ1) is 20.9. The second kappa shape index (κ2) is 8.61. The van der Waals surface area contributed by atoms with E-state index in [0.29, 0.717) is 0 Å². The summed E-state index contributed by atoms with van der Waals surface area (Å²) < 4.78 is 6.49. The van der Waals surface area contributed by atoms with Gasteiger partial charge in [0.25, 0.3) is 0 Å². The largest absolute Gasteiger partial charge is 0.456 e. The van der Waals surface area contributed by atoms with Gasteiger partial charge in [-0.3, -0.25) is 0 Å².